The maximum Gasteiger partial charge on any atom is 0.516 e. The van der Waals surface area contributed by atoms with Gasteiger partial charge in [-0.2, -0.15) is 26.6 Å². The molecule has 3 aromatic rings. The number of nitrogens with zero attached hydrogens (tertiary/aromatic N) is 2. The predicted molar refractivity (Wildman–Crippen MR) is 141 cm³/mol. The number of halogens is 4. The van der Waals surface area contributed by atoms with Crippen LogP contribution in [0.4, 0.5) is 28.9 Å². The summed E-state index contributed by atoms with van der Waals surface area (Å²) in [6, 6.07) is 17.2. The van der Waals surface area contributed by atoms with Crippen molar-refractivity contribution in [3.8, 4) is 5.75 Å². The molecular weight excluding hydrogens is 558 g/mol. The van der Waals surface area contributed by atoms with Gasteiger partial charge in [-0.15, -0.1) is 0 Å². The minimum absolute atomic E-state index is 0.198. The Hall–Kier alpha value is -3.84. The molecule has 2 aliphatic rings. The third-order valence-electron chi connectivity index (χ3n) is 5.87. The monoisotopic (exact) mass is 577 g/mol. The topological polar surface area (TPSA) is 88.1 Å². The van der Waals surface area contributed by atoms with E-state index < -0.39 is 21.4 Å². The lowest BCUT2D eigenvalue weighted by Gasteiger charge is -2.18. The summed E-state index contributed by atoms with van der Waals surface area (Å²) in [7, 11) is -5.53. The SMILES string of the molecule is O=C1N=C(N2CCc3cc(NS(=O)(=O)C(F)(F)F)ccc32)S/C1=C\c1ccc(OCc2ccc(F)cc2)cc1. The minimum atomic E-state index is -5.53. The summed E-state index contributed by atoms with van der Waals surface area (Å²) in [5, 5.41) is 0.424. The molecule has 0 spiro atoms. The summed E-state index contributed by atoms with van der Waals surface area (Å²) < 4.78 is 81.2. The number of alkyl halides is 3. The van der Waals surface area contributed by atoms with Gasteiger partial charge in [0.25, 0.3) is 5.91 Å². The van der Waals surface area contributed by atoms with E-state index in [0.717, 1.165) is 11.1 Å². The number of hydrogen-bond donors (Lipinski definition) is 1. The van der Waals surface area contributed by atoms with Crippen LogP contribution in [-0.2, 0) is 27.8 Å². The Labute approximate surface area is 225 Å². The number of carbonyl (C=O) groups excluding carboxylic acids is 1. The average molecular weight is 578 g/mol. The highest BCUT2D eigenvalue weighted by Crippen LogP contribution is 2.38. The maximum atomic E-state index is 13.0. The molecule has 1 amide bonds. The number of aliphatic imine (C=N–C) groups is 1. The van der Waals surface area contributed by atoms with Crippen molar-refractivity contribution in [2.45, 2.75) is 18.5 Å². The molecule has 1 N–H and O–H groups in total. The standard InChI is InChI=1S/C26H19F4N3O4S2/c27-19-5-1-17(2-6-19)15-37-21-8-3-16(4-9-21)13-23-24(34)31-25(38-23)33-12-11-18-14-20(7-10-22(18)33)32-39(35,36)26(28,29)30/h1-10,13-14,32H,11-12,15H2/b23-13-. The molecule has 2 heterocycles. The summed E-state index contributed by atoms with van der Waals surface area (Å²) >= 11 is 1.17. The molecule has 5 rings (SSSR count). The van der Waals surface area contributed by atoms with Gasteiger partial charge in [-0.1, -0.05) is 24.3 Å². The van der Waals surface area contributed by atoms with Crippen molar-refractivity contribution in [1.82, 2.24) is 0 Å². The summed E-state index contributed by atoms with van der Waals surface area (Å²) in [5.74, 6) is -0.135. The molecule has 0 atom stereocenters. The zero-order valence-electron chi connectivity index (χ0n) is 19.9. The van der Waals surface area contributed by atoms with Gasteiger partial charge in [-0.05, 0) is 83.4 Å². The number of thioether (sulfide) groups is 1. The van der Waals surface area contributed by atoms with Crippen LogP contribution in [0.25, 0.3) is 6.08 Å². The molecule has 13 heteroatoms. The van der Waals surface area contributed by atoms with Crippen molar-refractivity contribution in [2.75, 3.05) is 16.2 Å². The number of carbonyl (C=O) groups is 1. The van der Waals surface area contributed by atoms with E-state index in [4.69, 9.17) is 4.74 Å². The summed E-state index contributed by atoms with van der Waals surface area (Å²) in [4.78, 5) is 18.9. The van der Waals surface area contributed by atoms with Gasteiger partial charge < -0.3 is 9.64 Å². The molecule has 0 aliphatic carbocycles. The van der Waals surface area contributed by atoms with Crippen LogP contribution in [-0.4, -0.2) is 31.5 Å². The second-order valence-corrected chi connectivity index (χ2v) is 11.3. The molecule has 3 aromatic carbocycles. The zero-order chi connectivity index (χ0) is 27.8. The quantitative estimate of drug-likeness (QED) is 0.299. The molecule has 0 fully saturated rings. The number of ether oxygens (including phenoxy) is 1. The number of anilines is 2. The minimum Gasteiger partial charge on any atom is -0.489 e. The van der Waals surface area contributed by atoms with Gasteiger partial charge in [-0.3, -0.25) is 9.52 Å². The number of fused-ring (bicyclic) bond motifs is 1. The van der Waals surface area contributed by atoms with Gasteiger partial charge >= 0.3 is 15.5 Å². The van der Waals surface area contributed by atoms with E-state index in [-0.39, 0.29) is 18.1 Å². The molecule has 39 heavy (non-hydrogen) atoms. The second-order valence-electron chi connectivity index (χ2n) is 8.59. The van der Waals surface area contributed by atoms with Crippen LogP contribution in [0, 0.1) is 5.82 Å². The lowest BCUT2D eigenvalue weighted by Crippen LogP contribution is -2.29. The first-order valence-corrected chi connectivity index (χ1v) is 13.8. The maximum absolute atomic E-state index is 13.0. The number of hydrogen-bond acceptors (Lipinski definition) is 6. The van der Waals surface area contributed by atoms with Crippen LogP contribution >= 0.6 is 11.8 Å². The lowest BCUT2D eigenvalue weighted by atomic mass is 10.1. The van der Waals surface area contributed by atoms with Crippen molar-refractivity contribution in [3.05, 3.63) is 94.1 Å². The smallest absolute Gasteiger partial charge is 0.489 e. The van der Waals surface area contributed by atoms with Crippen molar-refractivity contribution < 1.29 is 35.5 Å². The van der Waals surface area contributed by atoms with Crippen LogP contribution in [0.1, 0.15) is 16.7 Å². The van der Waals surface area contributed by atoms with Crippen molar-refractivity contribution in [3.63, 3.8) is 0 Å². The highest BCUT2D eigenvalue weighted by atomic mass is 32.2. The van der Waals surface area contributed by atoms with E-state index >= 15 is 0 Å². The molecule has 0 radical (unpaired) electrons. The molecule has 0 saturated heterocycles. The van der Waals surface area contributed by atoms with Crippen molar-refractivity contribution in [2.24, 2.45) is 4.99 Å². The Balaban J connectivity index is 1.23. The van der Waals surface area contributed by atoms with E-state index in [9.17, 15) is 30.8 Å². The molecule has 0 aromatic heterocycles. The van der Waals surface area contributed by atoms with Crippen molar-refractivity contribution >= 4 is 50.3 Å². The van der Waals surface area contributed by atoms with Gasteiger partial charge in [0.05, 0.1) is 4.91 Å². The molecule has 7 nitrogen and oxygen atoms in total. The second kappa shape index (κ2) is 10.4. The molecule has 202 valence electrons. The number of rotatable bonds is 6. The highest BCUT2D eigenvalue weighted by Gasteiger charge is 2.46. The largest absolute Gasteiger partial charge is 0.516 e. The first kappa shape index (κ1) is 26.8. The Bertz CT molecular complexity index is 1590. The first-order valence-electron chi connectivity index (χ1n) is 11.5. The normalized spacial score (nSPS) is 16.4. The molecule has 0 unspecified atom stereocenters. The van der Waals surface area contributed by atoms with Crippen LogP contribution in [0.15, 0.2) is 76.6 Å². The number of amides is 1. The fraction of sp³-hybridized carbons (Fsp3) is 0.154. The number of nitrogens with one attached hydrogen (secondary N) is 1. The van der Waals surface area contributed by atoms with E-state index in [1.807, 2.05) is 0 Å². The number of sulfonamides is 1. The van der Waals surface area contributed by atoms with Crippen LogP contribution in [0.3, 0.4) is 0 Å². The van der Waals surface area contributed by atoms with Crippen LogP contribution in [0.2, 0.25) is 0 Å². The summed E-state index contributed by atoms with van der Waals surface area (Å²) in [6.07, 6.45) is 2.13. The van der Waals surface area contributed by atoms with Gasteiger partial charge in [0.2, 0.25) is 0 Å². The molecule has 0 bridgehead atoms. The third-order valence-corrected chi connectivity index (χ3v) is 7.99. The summed E-state index contributed by atoms with van der Waals surface area (Å²) in [5.41, 5.74) is -2.79. The summed E-state index contributed by atoms with van der Waals surface area (Å²) in [6.45, 7) is 0.705. The van der Waals surface area contributed by atoms with Gasteiger partial charge in [0.1, 0.15) is 18.2 Å². The Morgan fingerprint density at radius 2 is 1.77 bits per heavy atom. The van der Waals surface area contributed by atoms with Gasteiger partial charge in [0.15, 0.2) is 5.17 Å². The molecular formula is C26H19F4N3O4S2. The van der Waals surface area contributed by atoms with Gasteiger partial charge in [0, 0.05) is 17.9 Å². The highest BCUT2D eigenvalue weighted by molar-refractivity contribution is 8.18. The van der Waals surface area contributed by atoms with Gasteiger partial charge in [-0.25, -0.2) is 4.39 Å². The van der Waals surface area contributed by atoms with E-state index in [2.05, 4.69) is 4.99 Å². The van der Waals surface area contributed by atoms with E-state index in [1.54, 1.807) is 52.1 Å². The van der Waals surface area contributed by atoms with E-state index in [0.29, 0.717) is 40.0 Å². The lowest BCUT2D eigenvalue weighted by molar-refractivity contribution is -0.113. The first-order chi connectivity index (χ1) is 18.5. The average Bonchev–Trinajstić information content (AvgIpc) is 3.46. The van der Waals surface area contributed by atoms with Crippen LogP contribution < -0.4 is 14.4 Å². The predicted octanol–water partition coefficient (Wildman–Crippen LogP) is 5.70. The fourth-order valence-electron chi connectivity index (χ4n) is 3.95. The van der Waals surface area contributed by atoms with Crippen LogP contribution in [0.5, 0.6) is 5.75 Å². The Morgan fingerprint density at radius 1 is 1.05 bits per heavy atom. The van der Waals surface area contributed by atoms with Crippen molar-refractivity contribution in [1.29, 1.82) is 0 Å². The van der Waals surface area contributed by atoms with E-state index in [1.165, 1.54) is 42.1 Å². The number of amidine groups is 1. The molecule has 2 aliphatic heterocycles. The fourth-order valence-corrected chi connectivity index (χ4v) is 5.46. The Kier molecular flexibility index (Phi) is 7.12. The number of benzene rings is 3. The zero-order valence-corrected chi connectivity index (χ0v) is 21.5. The third kappa shape index (κ3) is 5.93. The molecule has 0 saturated carbocycles. The Morgan fingerprint density at radius 3 is 2.46 bits per heavy atom.